The highest BCUT2D eigenvalue weighted by Gasteiger charge is 2.16. The van der Waals surface area contributed by atoms with Gasteiger partial charge in [-0.3, -0.25) is 0 Å². The number of aromatic nitrogens is 2. The number of fused-ring (bicyclic) bond motifs is 6. The van der Waals surface area contributed by atoms with Gasteiger partial charge >= 0.3 is 0 Å². The van der Waals surface area contributed by atoms with E-state index >= 15 is 0 Å². The van der Waals surface area contributed by atoms with Gasteiger partial charge in [-0.1, -0.05) is 151 Å². The normalized spacial score (nSPS) is 11.8. The number of hydrogen-bond donors (Lipinski definition) is 0. The molecule has 2 heteroatoms. The van der Waals surface area contributed by atoms with Crippen LogP contribution >= 0.6 is 0 Å². The van der Waals surface area contributed by atoms with Gasteiger partial charge in [-0.15, -0.1) is 0 Å². The van der Waals surface area contributed by atoms with Crippen LogP contribution in [0.3, 0.4) is 0 Å². The van der Waals surface area contributed by atoms with E-state index in [1.807, 2.05) is 0 Å². The molecule has 256 valence electrons. The van der Waals surface area contributed by atoms with E-state index in [1.54, 1.807) is 0 Å². The van der Waals surface area contributed by atoms with Gasteiger partial charge < -0.3 is 9.13 Å². The van der Waals surface area contributed by atoms with Gasteiger partial charge in [0.2, 0.25) is 0 Å². The van der Waals surface area contributed by atoms with Gasteiger partial charge in [0.15, 0.2) is 0 Å². The van der Waals surface area contributed by atoms with Gasteiger partial charge in [-0.05, 0) is 96.3 Å². The maximum absolute atomic E-state index is 2.40. The predicted octanol–water partition coefficient (Wildman–Crippen LogP) is 14.0. The number of para-hydroxylation sites is 3. The van der Waals surface area contributed by atoms with Crippen molar-refractivity contribution < 1.29 is 0 Å². The van der Waals surface area contributed by atoms with Crippen molar-refractivity contribution in [2.75, 3.05) is 0 Å². The van der Waals surface area contributed by atoms with Crippen LogP contribution in [-0.4, -0.2) is 9.13 Å². The standard InChI is InChI=1S/C52H38N2/c1-35-18-30-51-46(32-35)47-33-36(2)19-31-52(47)53(51)42-11-9-10-41(34-42)39-26-22-37(23-27-39)20-21-38-24-28-40(29-25-38)43-12-3-6-15-48(43)54-49-16-7-4-13-44(49)45-14-5-8-17-50(45)54/h3-34H,1-2H3. The molecule has 0 aliphatic rings. The minimum absolute atomic E-state index is 1.17. The first kappa shape index (κ1) is 31.8. The Labute approximate surface area is 315 Å². The average molecular weight is 691 g/mol. The lowest BCUT2D eigenvalue weighted by Crippen LogP contribution is -1.96. The summed E-state index contributed by atoms with van der Waals surface area (Å²) in [7, 11) is 0. The fraction of sp³-hybridized carbons (Fsp3) is 0.0385. The maximum Gasteiger partial charge on any atom is 0.0541 e. The fourth-order valence-electron chi connectivity index (χ4n) is 8.20. The summed E-state index contributed by atoms with van der Waals surface area (Å²) in [4.78, 5) is 0. The van der Waals surface area contributed by atoms with Crippen molar-refractivity contribution in [1.29, 1.82) is 0 Å². The number of rotatable bonds is 6. The Hall–Kier alpha value is -6.90. The van der Waals surface area contributed by atoms with Crippen LogP contribution in [0.1, 0.15) is 22.3 Å². The van der Waals surface area contributed by atoms with Crippen LogP contribution in [0.15, 0.2) is 182 Å². The van der Waals surface area contributed by atoms with Crippen molar-refractivity contribution >= 4 is 55.8 Å². The van der Waals surface area contributed by atoms with Crippen LogP contribution in [0.2, 0.25) is 0 Å². The Bertz CT molecular complexity index is 2930. The summed E-state index contributed by atoms with van der Waals surface area (Å²) in [5.74, 6) is 0. The third-order valence-electron chi connectivity index (χ3n) is 10.8. The van der Waals surface area contributed by atoms with E-state index in [0.717, 1.165) is 0 Å². The summed E-state index contributed by atoms with van der Waals surface area (Å²) >= 11 is 0. The van der Waals surface area contributed by atoms with Crippen LogP contribution in [0.4, 0.5) is 0 Å². The number of benzene rings is 8. The Balaban J connectivity index is 0.919. The van der Waals surface area contributed by atoms with Crippen molar-refractivity contribution in [2.45, 2.75) is 13.8 Å². The second-order valence-corrected chi connectivity index (χ2v) is 14.4. The largest absolute Gasteiger partial charge is 0.309 e. The molecule has 0 amide bonds. The lowest BCUT2D eigenvalue weighted by molar-refractivity contribution is 1.18. The molecule has 54 heavy (non-hydrogen) atoms. The van der Waals surface area contributed by atoms with Crippen molar-refractivity contribution in [1.82, 2.24) is 9.13 Å². The summed E-state index contributed by atoms with van der Waals surface area (Å²) in [5.41, 5.74) is 17.0. The van der Waals surface area contributed by atoms with Crippen molar-refractivity contribution in [3.8, 4) is 33.6 Å². The SMILES string of the molecule is Cc1ccc2c(c1)c1cc(C)ccc1n2-c1cccc(-c2ccc(C=Cc3ccc(-c4ccccc4-n4c5ccccc5c5ccccc54)cc3)cc2)c1. The van der Waals surface area contributed by atoms with E-state index in [-0.39, 0.29) is 0 Å². The zero-order chi connectivity index (χ0) is 36.2. The third kappa shape index (κ3) is 5.43. The second kappa shape index (κ2) is 12.9. The molecule has 0 saturated carbocycles. The summed E-state index contributed by atoms with van der Waals surface area (Å²) in [6.07, 6.45) is 4.40. The molecule has 10 aromatic rings. The van der Waals surface area contributed by atoms with Crippen LogP contribution < -0.4 is 0 Å². The first-order valence-electron chi connectivity index (χ1n) is 18.7. The fourth-order valence-corrected chi connectivity index (χ4v) is 8.20. The first-order chi connectivity index (χ1) is 26.6. The highest BCUT2D eigenvalue weighted by atomic mass is 15.0. The molecule has 10 rings (SSSR count). The number of nitrogens with zero attached hydrogens (tertiary/aromatic N) is 2. The summed E-state index contributed by atoms with van der Waals surface area (Å²) in [6.45, 7) is 4.34. The molecule has 2 heterocycles. The van der Waals surface area contributed by atoms with Gasteiger partial charge in [-0.25, -0.2) is 0 Å². The molecule has 2 nitrogen and oxygen atoms in total. The Morgan fingerprint density at radius 3 is 1.48 bits per heavy atom. The summed E-state index contributed by atoms with van der Waals surface area (Å²) in [5, 5.41) is 5.15. The topological polar surface area (TPSA) is 9.86 Å². The smallest absolute Gasteiger partial charge is 0.0541 e. The third-order valence-corrected chi connectivity index (χ3v) is 10.8. The Morgan fingerprint density at radius 2 is 0.870 bits per heavy atom. The first-order valence-corrected chi connectivity index (χ1v) is 18.7. The molecule has 0 radical (unpaired) electrons. The Kier molecular flexibility index (Phi) is 7.63. The molecule has 0 aliphatic heterocycles. The van der Waals surface area contributed by atoms with E-state index in [9.17, 15) is 0 Å². The lowest BCUT2D eigenvalue weighted by Gasteiger charge is -2.14. The monoisotopic (exact) mass is 690 g/mol. The molecule has 0 fully saturated rings. The van der Waals surface area contributed by atoms with Crippen LogP contribution in [0.5, 0.6) is 0 Å². The lowest BCUT2D eigenvalue weighted by atomic mass is 10.0. The number of aryl methyl sites for hydroxylation is 2. The molecule has 0 atom stereocenters. The Morgan fingerprint density at radius 1 is 0.352 bits per heavy atom. The molecule has 0 saturated heterocycles. The molecule has 0 unspecified atom stereocenters. The average Bonchev–Trinajstić information content (AvgIpc) is 3.72. The molecule has 0 N–H and O–H groups in total. The summed E-state index contributed by atoms with van der Waals surface area (Å²) < 4.78 is 4.80. The second-order valence-electron chi connectivity index (χ2n) is 14.4. The minimum Gasteiger partial charge on any atom is -0.309 e. The van der Waals surface area contributed by atoms with E-state index < -0.39 is 0 Å². The highest BCUT2D eigenvalue weighted by Crippen LogP contribution is 2.37. The van der Waals surface area contributed by atoms with E-state index in [1.165, 1.54) is 99.5 Å². The van der Waals surface area contributed by atoms with Crippen molar-refractivity contribution in [3.05, 3.63) is 204 Å². The van der Waals surface area contributed by atoms with Crippen LogP contribution in [-0.2, 0) is 0 Å². The van der Waals surface area contributed by atoms with Gasteiger partial charge in [0, 0.05) is 32.8 Å². The predicted molar refractivity (Wildman–Crippen MR) is 231 cm³/mol. The molecule has 8 aromatic carbocycles. The summed E-state index contributed by atoms with van der Waals surface area (Å²) in [6, 6.07) is 66.3. The maximum atomic E-state index is 2.40. The quantitative estimate of drug-likeness (QED) is 0.154. The minimum atomic E-state index is 1.17. The zero-order valence-corrected chi connectivity index (χ0v) is 30.4. The zero-order valence-electron chi connectivity index (χ0n) is 30.4. The van der Waals surface area contributed by atoms with Crippen molar-refractivity contribution in [2.24, 2.45) is 0 Å². The molecule has 0 bridgehead atoms. The van der Waals surface area contributed by atoms with E-state index in [2.05, 4.69) is 217 Å². The van der Waals surface area contributed by atoms with E-state index in [0.29, 0.717) is 0 Å². The highest BCUT2D eigenvalue weighted by molar-refractivity contribution is 6.10. The molecule has 0 spiro atoms. The molecule has 0 aliphatic carbocycles. The molecular formula is C52H38N2. The van der Waals surface area contributed by atoms with Gasteiger partial charge in [0.1, 0.15) is 0 Å². The van der Waals surface area contributed by atoms with Crippen LogP contribution in [0, 0.1) is 13.8 Å². The van der Waals surface area contributed by atoms with Gasteiger partial charge in [0.25, 0.3) is 0 Å². The molecular weight excluding hydrogens is 653 g/mol. The molecule has 2 aromatic heterocycles. The van der Waals surface area contributed by atoms with Crippen molar-refractivity contribution in [3.63, 3.8) is 0 Å². The number of hydrogen-bond acceptors (Lipinski definition) is 0. The van der Waals surface area contributed by atoms with E-state index in [4.69, 9.17) is 0 Å². The van der Waals surface area contributed by atoms with Gasteiger partial charge in [0.05, 0.1) is 27.8 Å². The van der Waals surface area contributed by atoms with Gasteiger partial charge in [-0.2, -0.15) is 0 Å². The van der Waals surface area contributed by atoms with Crippen LogP contribution in [0.25, 0.3) is 89.4 Å².